The second-order valence-electron chi connectivity index (χ2n) is 11.8. The van der Waals surface area contributed by atoms with Crippen molar-refractivity contribution in [3.05, 3.63) is 107 Å². The maximum absolute atomic E-state index is 13.6. The molecular weight excluding hydrogens is 602 g/mol. The molecule has 2 atom stereocenters. The van der Waals surface area contributed by atoms with Crippen LogP contribution in [0.25, 0.3) is 11.4 Å². The van der Waals surface area contributed by atoms with E-state index in [-0.39, 0.29) is 31.0 Å². The van der Waals surface area contributed by atoms with Gasteiger partial charge in [-0.3, -0.25) is 24.3 Å². The second-order valence-corrected chi connectivity index (χ2v) is 11.8. The molecule has 2 unspecified atom stereocenters. The van der Waals surface area contributed by atoms with Crippen LogP contribution in [0.3, 0.4) is 0 Å². The summed E-state index contributed by atoms with van der Waals surface area (Å²) in [5, 5.41) is 15.9. The lowest BCUT2D eigenvalue weighted by molar-refractivity contribution is -0.133. The third-order valence-electron chi connectivity index (χ3n) is 6.82. The van der Waals surface area contributed by atoms with Crippen LogP contribution in [-0.2, 0) is 27.3 Å². The molecule has 2 amide bonds. The van der Waals surface area contributed by atoms with Crippen molar-refractivity contribution in [2.45, 2.75) is 64.3 Å². The summed E-state index contributed by atoms with van der Waals surface area (Å²) in [6.45, 7) is 4.78. The van der Waals surface area contributed by atoms with Gasteiger partial charge in [0.15, 0.2) is 5.78 Å². The predicted molar refractivity (Wildman–Crippen MR) is 176 cm³/mol. The molecule has 47 heavy (non-hydrogen) atoms. The van der Waals surface area contributed by atoms with E-state index in [2.05, 4.69) is 20.6 Å². The first-order valence-corrected chi connectivity index (χ1v) is 15.2. The van der Waals surface area contributed by atoms with Crippen molar-refractivity contribution in [1.82, 2.24) is 19.9 Å². The zero-order valence-corrected chi connectivity index (χ0v) is 26.6. The highest BCUT2D eigenvalue weighted by Crippen LogP contribution is 2.17. The Kier molecular flexibility index (Phi) is 12.0. The van der Waals surface area contributed by atoms with Crippen molar-refractivity contribution >= 4 is 23.5 Å². The number of amides is 2. The number of pyridine rings is 1. The fourth-order valence-electron chi connectivity index (χ4n) is 4.67. The predicted octanol–water partition coefficient (Wildman–Crippen LogP) is 4.17. The quantitative estimate of drug-likeness (QED) is 0.172. The van der Waals surface area contributed by atoms with E-state index in [1.165, 1.54) is 6.20 Å². The van der Waals surface area contributed by atoms with Crippen LogP contribution in [0.4, 0.5) is 10.5 Å². The highest BCUT2D eigenvalue weighted by atomic mass is 16.6. The molecule has 2 aromatic heterocycles. The van der Waals surface area contributed by atoms with Crippen molar-refractivity contribution in [2.75, 3.05) is 11.9 Å². The van der Waals surface area contributed by atoms with E-state index in [1.807, 2.05) is 30.3 Å². The molecule has 3 N–H and O–H groups in total. The Hall–Kier alpha value is -5.36. The summed E-state index contributed by atoms with van der Waals surface area (Å²) in [5.74, 6) is -0.624. The second kappa shape index (κ2) is 16.3. The number of Topliss-reactive ketones (excluding diaryl/α,β-unsaturated/α-hetero) is 1. The van der Waals surface area contributed by atoms with Crippen LogP contribution >= 0.6 is 0 Å². The smallest absolute Gasteiger partial charge is 0.412 e. The zero-order valence-electron chi connectivity index (χ0n) is 26.6. The van der Waals surface area contributed by atoms with E-state index < -0.39 is 47.6 Å². The van der Waals surface area contributed by atoms with Crippen LogP contribution in [-0.4, -0.2) is 61.8 Å². The van der Waals surface area contributed by atoms with Gasteiger partial charge < -0.3 is 19.9 Å². The summed E-state index contributed by atoms with van der Waals surface area (Å²) in [5.41, 5.74) is -0.367. The third kappa shape index (κ3) is 10.6. The largest absolute Gasteiger partial charge is 0.478 e. The van der Waals surface area contributed by atoms with E-state index in [4.69, 9.17) is 9.47 Å². The number of ether oxygens (including phenoxy) is 2. The Morgan fingerprint density at radius 2 is 1.62 bits per heavy atom. The number of carbonyl (C=O) groups excluding carboxylic acids is 3. The lowest BCUT2D eigenvalue weighted by Gasteiger charge is -2.22. The Bertz CT molecular complexity index is 1690. The van der Waals surface area contributed by atoms with Crippen molar-refractivity contribution in [3.63, 3.8) is 0 Å². The first kappa shape index (κ1) is 34.5. The summed E-state index contributed by atoms with van der Waals surface area (Å²) in [6.07, 6.45) is 1.17. The van der Waals surface area contributed by atoms with Gasteiger partial charge in [-0.05, 0) is 51.7 Å². The topological polar surface area (TPSA) is 162 Å². The minimum atomic E-state index is -1.37. The van der Waals surface area contributed by atoms with E-state index in [9.17, 15) is 24.3 Å². The number of nitrogens with one attached hydrogen (secondary N) is 2. The summed E-state index contributed by atoms with van der Waals surface area (Å²) in [4.78, 5) is 61.5. The number of aliphatic hydroxyl groups is 1. The molecule has 246 valence electrons. The van der Waals surface area contributed by atoms with Gasteiger partial charge in [0.2, 0.25) is 11.8 Å². The summed E-state index contributed by atoms with van der Waals surface area (Å²) >= 11 is 0. The molecule has 0 radical (unpaired) electrons. The molecule has 0 fully saturated rings. The zero-order chi connectivity index (χ0) is 33.8. The highest BCUT2D eigenvalue weighted by Gasteiger charge is 2.28. The van der Waals surface area contributed by atoms with E-state index in [0.29, 0.717) is 17.9 Å². The number of hydrogen-bond donors (Lipinski definition) is 3. The lowest BCUT2D eigenvalue weighted by atomic mass is 9.97. The number of anilines is 1. The van der Waals surface area contributed by atoms with Crippen molar-refractivity contribution in [2.24, 2.45) is 0 Å². The van der Waals surface area contributed by atoms with Gasteiger partial charge in [-0.25, -0.2) is 14.8 Å². The Morgan fingerprint density at radius 3 is 2.28 bits per heavy atom. The number of rotatable bonds is 14. The average molecular weight is 642 g/mol. The Labute approximate surface area is 272 Å². The van der Waals surface area contributed by atoms with Crippen LogP contribution in [0.1, 0.15) is 39.2 Å². The summed E-state index contributed by atoms with van der Waals surface area (Å²) < 4.78 is 12.0. The molecule has 0 saturated heterocycles. The molecule has 2 heterocycles. The number of aromatic nitrogens is 3. The van der Waals surface area contributed by atoms with E-state index in [1.54, 1.807) is 75.5 Å². The molecule has 12 nitrogen and oxygen atoms in total. The van der Waals surface area contributed by atoms with Crippen LogP contribution < -0.4 is 20.9 Å². The molecule has 0 bridgehead atoms. The molecule has 0 aliphatic heterocycles. The van der Waals surface area contributed by atoms with Gasteiger partial charge in [-0.15, -0.1) is 0 Å². The van der Waals surface area contributed by atoms with Crippen molar-refractivity contribution < 1.29 is 29.0 Å². The van der Waals surface area contributed by atoms with Crippen molar-refractivity contribution in [3.8, 4) is 17.3 Å². The van der Waals surface area contributed by atoms with Gasteiger partial charge in [-0.1, -0.05) is 66.7 Å². The molecular formula is C35H39N5O7. The van der Waals surface area contributed by atoms with Crippen molar-refractivity contribution in [1.29, 1.82) is 0 Å². The van der Waals surface area contributed by atoms with Gasteiger partial charge >= 0.3 is 6.09 Å². The SMILES string of the molecule is CC(C)(C)OC(=O)Nc1cnc(-c2ccccc2)n(CC(=O)NC(Cc2ccccc2)C(=O)C(O)CCCOc2ccccn2)c1=O. The number of aliphatic hydroxyl groups excluding tert-OH is 1. The lowest BCUT2D eigenvalue weighted by Crippen LogP contribution is -2.48. The number of benzene rings is 2. The number of ketones is 1. The van der Waals surface area contributed by atoms with Gasteiger partial charge in [0.25, 0.3) is 5.56 Å². The van der Waals surface area contributed by atoms with Crippen LogP contribution in [0.5, 0.6) is 5.88 Å². The van der Waals surface area contributed by atoms with Gasteiger partial charge in [0, 0.05) is 17.8 Å². The fourth-order valence-corrected chi connectivity index (χ4v) is 4.67. The fraction of sp³-hybridized carbons (Fsp3) is 0.314. The monoisotopic (exact) mass is 641 g/mol. The van der Waals surface area contributed by atoms with Crippen LogP contribution in [0.15, 0.2) is 96.1 Å². The van der Waals surface area contributed by atoms with E-state index in [0.717, 1.165) is 10.1 Å². The molecule has 0 saturated carbocycles. The number of nitrogens with zero attached hydrogens (tertiary/aromatic N) is 3. The molecule has 0 aliphatic rings. The number of carbonyl (C=O) groups is 3. The highest BCUT2D eigenvalue weighted by molar-refractivity contribution is 5.92. The van der Waals surface area contributed by atoms with Gasteiger partial charge in [0.1, 0.15) is 29.8 Å². The molecule has 4 rings (SSSR count). The molecule has 12 heteroatoms. The van der Waals surface area contributed by atoms with Gasteiger partial charge in [0.05, 0.1) is 18.8 Å². The van der Waals surface area contributed by atoms with Crippen LogP contribution in [0.2, 0.25) is 0 Å². The summed E-state index contributed by atoms with van der Waals surface area (Å²) in [7, 11) is 0. The first-order valence-electron chi connectivity index (χ1n) is 15.2. The minimum Gasteiger partial charge on any atom is -0.478 e. The Morgan fingerprint density at radius 1 is 0.936 bits per heavy atom. The number of hydrogen-bond acceptors (Lipinski definition) is 9. The minimum absolute atomic E-state index is 0.104. The molecule has 0 spiro atoms. The molecule has 0 aliphatic carbocycles. The molecule has 2 aromatic carbocycles. The van der Waals surface area contributed by atoms with E-state index >= 15 is 0 Å². The normalized spacial score (nSPS) is 12.4. The van der Waals surface area contributed by atoms with Crippen LogP contribution in [0, 0.1) is 0 Å². The van der Waals surface area contributed by atoms with Gasteiger partial charge in [-0.2, -0.15) is 0 Å². The Balaban J connectivity index is 1.53. The standard InChI is InChI=1S/C35H39N5O7/c1-35(2,3)47-34(45)39-27-22-37-32(25-15-8-5-9-16-25)40(33(27)44)23-29(42)38-26(21-24-13-6-4-7-14-24)31(43)28(41)17-12-20-46-30-18-10-11-19-36-30/h4-11,13-16,18-19,22,26,28,41H,12,17,20-21,23H2,1-3H3,(H,38,42)(H,39,45). The third-order valence-corrected chi connectivity index (χ3v) is 6.82. The first-order chi connectivity index (χ1) is 22.5. The maximum atomic E-state index is 13.6. The maximum Gasteiger partial charge on any atom is 0.412 e. The average Bonchev–Trinajstić information content (AvgIpc) is 3.05. The summed E-state index contributed by atoms with van der Waals surface area (Å²) in [6, 6.07) is 22.0. The molecule has 4 aromatic rings.